The first-order valence-corrected chi connectivity index (χ1v) is 6.74. The molecule has 0 radical (unpaired) electrons. The van der Waals surface area contributed by atoms with Crippen molar-refractivity contribution in [2.24, 2.45) is 0 Å². The molecule has 2 rings (SSSR count). The van der Waals surface area contributed by atoms with Crippen LogP contribution in [0.5, 0.6) is 0 Å². The van der Waals surface area contributed by atoms with Crippen molar-refractivity contribution in [2.75, 3.05) is 13.6 Å². The van der Waals surface area contributed by atoms with Crippen molar-refractivity contribution in [2.45, 2.75) is 19.5 Å². The van der Waals surface area contributed by atoms with Crippen LogP contribution in [0.3, 0.4) is 0 Å². The molecule has 1 amide bonds. The second-order valence-corrected chi connectivity index (χ2v) is 4.65. The lowest BCUT2D eigenvalue weighted by Crippen LogP contribution is -2.26. The largest absolute Gasteiger partial charge is 0.350 e. The first-order valence-electron chi connectivity index (χ1n) is 6.74. The fraction of sp³-hybridized carbons (Fsp3) is 0.333. The molecular formula is C15H20N4O. The molecule has 0 fully saturated rings. The number of likely N-dealkylation sites (N-methyl/N-ethyl adjacent to an activating group) is 1. The SMILES string of the molecule is CNCCc1cn(CC(=O)NCc2ccccc2)cn1. The number of carbonyl (C=O) groups is 1. The van der Waals surface area contributed by atoms with E-state index in [1.54, 1.807) is 6.33 Å². The first-order chi connectivity index (χ1) is 9.78. The highest BCUT2D eigenvalue weighted by Gasteiger charge is 2.04. The Hall–Kier alpha value is -2.14. The van der Waals surface area contributed by atoms with E-state index in [4.69, 9.17) is 0 Å². The average molecular weight is 272 g/mol. The van der Waals surface area contributed by atoms with Gasteiger partial charge in [-0.2, -0.15) is 0 Å². The zero-order valence-electron chi connectivity index (χ0n) is 11.7. The maximum Gasteiger partial charge on any atom is 0.240 e. The lowest BCUT2D eigenvalue weighted by atomic mass is 10.2. The molecule has 1 aromatic carbocycles. The van der Waals surface area contributed by atoms with Gasteiger partial charge in [-0.15, -0.1) is 0 Å². The molecule has 5 heteroatoms. The van der Waals surface area contributed by atoms with Gasteiger partial charge in [0, 0.05) is 25.7 Å². The Morgan fingerprint density at radius 1 is 1.30 bits per heavy atom. The maximum atomic E-state index is 11.8. The van der Waals surface area contributed by atoms with Crippen molar-refractivity contribution in [3.05, 3.63) is 54.1 Å². The topological polar surface area (TPSA) is 59.0 Å². The van der Waals surface area contributed by atoms with E-state index >= 15 is 0 Å². The molecule has 0 aliphatic carbocycles. The molecule has 0 bridgehead atoms. The lowest BCUT2D eigenvalue weighted by molar-refractivity contribution is -0.121. The van der Waals surface area contributed by atoms with Crippen LogP contribution in [-0.2, 0) is 24.3 Å². The van der Waals surface area contributed by atoms with Crippen LogP contribution >= 0.6 is 0 Å². The van der Waals surface area contributed by atoms with Gasteiger partial charge in [0.25, 0.3) is 0 Å². The van der Waals surface area contributed by atoms with Crippen molar-refractivity contribution in [3.63, 3.8) is 0 Å². The molecule has 106 valence electrons. The van der Waals surface area contributed by atoms with Crippen LogP contribution < -0.4 is 10.6 Å². The zero-order chi connectivity index (χ0) is 14.2. The van der Waals surface area contributed by atoms with E-state index in [0.29, 0.717) is 13.1 Å². The Kier molecular flexibility index (Phi) is 5.32. The summed E-state index contributed by atoms with van der Waals surface area (Å²) >= 11 is 0. The normalized spacial score (nSPS) is 10.4. The number of rotatable bonds is 7. The molecule has 2 aromatic rings. The zero-order valence-corrected chi connectivity index (χ0v) is 11.7. The fourth-order valence-electron chi connectivity index (χ4n) is 1.89. The van der Waals surface area contributed by atoms with Gasteiger partial charge < -0.3 is 15.2 Å². The molecule has 0 spiro atoms. The number of nitrogens with zero attached hydrogens (tertiary/aromatic N) is 2. The molecule has 0 atom stereocenters. The van der Waals surface area contributed by atoms with Crippen LogP contribution in [0.4, 0.5) is 0 Å². The molecule has 0 unspecified atom stereocenters. The van der Waals surface area contributed by atoms with Crippen LogP contribution in [0.15, 0.2) is 42.9 Å². The number of benzene rings is 1. The third-order valence-corrected chi connectivity index (χ3v) is 2.98. The molecular weight excluding hydrogens is 252 g/mol. The minimum absolute atomic E-state index is 0.00794. The van der Waals surface area contributed by atoms with Gasteiger partial charge in [0.2, 0.25) is 5.91 Å². The van der Waals surface area contributed by atoms with E-state index < -0.39 is 0 Å². The van der Waals surface area contributed by atoms with Gasteiger partial charge in [-0.05, 0) is 12.6 Å². The summed E-state index contributed by atoms with van der Waals surface area (Å²) in [4.78, 5) is 16.1. The predicted octanol–water partition coefficient (Wildman–Crippen LogP) is 0.961. The first kappa shape index (κ1) is 14.3. The summed E-state index contributed by atoms with van der Waals surface area (Å²) in [6, 6.07) is 9.88. The molecule has 1 aromatic heterocycles. The van der Waals surface area contributed by atoms with E-state index in [-0.39, 0.29) is 5.91 Å². The second kappa shape index (κ2) is 7.45. The second-order valence-electron chi connectivity index (χ2n) is 4.65. The minimum atomic E-state index is -0.00794. The summed E-state index contributed by atoms with van der Waals surface area (Å²) in [5.41, 5.74) is 2.09. The van der Waals surface area contributed by atoms with E-state index in [1.165, 1.54) is 0 Å². The van der Waals surface area contributed by atoms with Gasteiger partial charge in [0.05, 0.1) is 12.0 Å². The van der Waals surface area contributed by atoms with Crippen molar-refractivity contribution >= 4 is 5.91 Å². The summed E-state index contributed by atoms with van der Waals surface area (Å²) in [6.07, 6.45) is 4.49. The van der Waals surface area contributed by atoms with Crippen molar-refractivity contribution in [1.29, 1.82) is 0 Å². The van der Waals surface area contributed by atoms with Crippen LogP contribution in [-0.4, -0.2) is 29.1 Å². The summed E-state index contributed by atoms with van der Waals surface area (Å²) in [5.74, 6) is -0.00794. The molecule has 2 N–H and O–H groups in total. The van der Waals surface area contributed by atoms with Crippen LogP contribution in [0.2, 0.25) is 0 Å². The summed E-state index contributed by atoms with van der Waals surface area (Å²) in [7, 11) is 1.91. The third-order valence-electron chi connectivity index (χ3n) is 2.98. The quantitative estimate of drug-likeness (QED) is 0.789. The number of hydrogen-bond acceptors (Lipinski definition) is 3. The van der Waals surface area contributed by atoms with Crippen LogP contribution in [0, 0.1) is 0 Å². The highest BCUT2D eigenvalue weighted by molar-refractivity contribution is 5.75. The lowest BCUT2D eigenvalue weighted by Gasteiger charge is -2.05. The number of nitrogens with one attached hydrogen (secondary N) is 2. The Bertz CT molecular complexity index is 536. The molecule has 0 saturated heterocycles. The van der Waals surface area contributed by atoms with Gasteiger partial charge in [-0.1, -0.05) is 30.3 Å². The molecule has 5 nitrogen and oxygen atoms in total. The molecule has 1 heterocycles. The van der Waals surface area contributed by atoms with Crippen LogP contribution in [0.1, 0.15) is 11.3 Å². The molecule has 0 saturated carbocycles. The smallest absolute Gasteiger partial charge is 0.240 e. The van der Waals surface area contributed by atoms with Gasteiger partial charge in [0.15, 0.2) is 0 Å². The molecule has 0 aliphatic heterocycles. The highest BCUT2D eigenvalue weighted by Crippen LogP contribution is 1.99. The third kappa shape index (κ3) is 4.51. The van der Waals surface area contributed by atoms with E-state index in [2.05, 4.69) is 15.6 Å². The Morgan fingerprint density at radius 2 is 2.10 bits per heavy atom. The van der Waals surface area contributed by atoms with Crippen molar-refractivity contribution in [1.82, 2.24) is 20.2 Å². The Balaban J connectivity index is 1.78. The fourth-order valence-corrected chi connectivity index (χ4v) is 1.89. The van der Waals surface area contributed by atoms with Gasteiger partial charge >= 0.3 is 0 Å². The van der Waals surface area contributed by atoms with Gasteiger partial charge in [0.1, 0.15) is 6.54 Å². The minimum Gasteiger partial charge on any atom is -0.350 e. The Labute approximate surface area is 119 Å². The van der Waals surface area contributed by atoms with E-state index in [9.17, 15) is 4.79 Å². The number of aromatic nitrogens is 2. The summed E-state index contributed by atoms with van der Waals surface area (Å²) in [6.45, 7) is 1.75. The summed E-state index contributed by atoms with van der Waals surface area (Å²) < 4.78 is 1.81. The predicted molar refractivity (Wildman–Crippen MR) is 78.1 cm³/mol. The molecule has 0 aliphatic rings. The van der Waals surface area contributed by atoms with Crippen LogP contribution in [0.25, 0.3) is 0 Å². The number of hydrogen-bond donors (Lipinski definition) is 2. The monoisotopic (exact) mass is 272 g/mol. The number of imidazole rings is 1. The van der Waals surface area contributed by atoms with Crippen molar-refractivity contribution < 1.29 is 4.79 Å². The number of carbonyl (C=O) groups excluding carboxylic acids is 1. The van der Waals surface area contributed by atoms with Gasteiger partial charge in [-0.25, -0.2) is 4.98 Å². The van der Waals surface area contributed by atoms with Gasteiger partial charge in [-0.3, -0.25) is 4.79 Å². The summed E-state index contributed by atoms with van der Waals surface area (Å²) in [5, 5.41) is 5.98. The highest BCUT2D eigenvalue weighted by atomic mass is 16.1. The Morgan fingerprint density at radius 3 is 2.85 bits per heavy atom. The standard InChI is InChI=1S/C15H20N4O/c1-16-8-7-14-10-19(12-18-14)11-15(20)17-9-13-5-3-2-4-6-13/h2-6,10,12,16H,7-9,11H2,1H3,(H,17,20). The van der Waals surface area contributed by atoms with Crippen molar-refractivity contribution in [3.8, 4) is 0 Å². The maximum absolute atomic E-state index is 11.8. The van der Waals surface area contributed by atoms with E-state index in [0.717, 1.165) is 24.2 Å². The number of amides is 1. The average Bonchev–Trinajstić information content (AvgIpc) is 2.91. The van der Waals surface area contributed by atoms with E-state index in [1.807, 2.05) is 48.1 Å². The molecule has 20 heavy (non-hydrogen) atoms.